The number of carbonyl (C=O) groups is 3. The lowest BCUT2D eigenvalue weighted by molar-refractivity contribution is -0.159. The van der Waals surface area contributed by atoms with Crippen molar-refractivity contribution in [3.63, 3.8) is 0 Å². The summed E-state index contributed by atoms with van der Waals surface area (Å²) < 4.78 is 0. The first-order valence-electron chi connectivity index (χ1n) is 10.4. The minimum Gasteiger partial charge on any atom is -0.351 e. The van der Waals surface area contributed by atoms with Crippen molar-refractivity contribution in [2.24, 2.45) is 0 Å². The van der Waals surface area contributed by atoms with Crippen LogP contribution in [0.4, 0.5) is 0 Å². The first-order chi connectivity index (χ1) is 13.5. The maximum Gasteiger partial charge on any atom is 0.259 e. The van der Waals surface area contributed by atoms with Gasteiger partial charge >= 0.3 is 0 Å². The minimum absolute atomic E-state index is 0.0352. The SMILES string of the molecule is CN1CCN(C(=O)C2(C(=O)NC3CCNCC3)CN(C)CCCN2C=O)CC1. The molecule has 0 spiro atoms. The van der Waals surface area contributed by atoms with Crippen molar-refractivity contribution in [1.29, 1.82) is 0 Å². The van der Waals surface area contributed by atoms with E-state index in [0.29, 0.717) is 26.0 Å². The van der Waals surface area contributed by atoms with Gasteiger partial charge in [0, 0.05) is 45.3 Å². The smallest absolute Gasteiger partial charge is 0.259 e. The molecule has 3 fully saturated rings. The zero-order valence-corrected chi connectivity index (χ0v) is 17.2. The van der Waals surface area contributed by atoms with Crippen LogP contribution in [0.25, 0.3) is 0 Å². The fraction of sp³-hybridized carbons (Fsp3) is 0.842. The quantitative estimate of drug-likeness (QED) is 0.431. The Bertz CT molecular complexity index is 574. The van der Waals surface area contributed by atoms with Gasteiger partial charge in [-0.3, -0.25) is 14.4 Å². The second-order valence-electron chi connectivity index (χ2n) is 8.34. The van der Waals surface area contributed by atoms with Gasteiger partial charge in [-0.05, 0) is 53.0 Å². The second kappa shape index (κ2) is 9.19. The largest absolute Gasteiger partial charge is 0.351 e. The van der Waals surface area contributed by atoms with Gasteiger partial charge in [-0.1, -0.05) is 0 Å². The predicted octanol–water partition coefficient (Wildman–Crippen LogP) is -1.84. The Morgan fingerprint density at radius 3 is 2.32 bits per heavy atom. The van der Waals surface area contributed by atoms with E-state index in [1.54, 1.807) is 4.90 Å². The monoisotopic (exact) mass is 394 g/mol. The Morgan fingerprint density at radius 1 is 1.00 bits per heavy atom. The van der Waals surface area contributed by atoms with Gasteiger partial charge in [0.1, 0.15) is 0 Å². The van der Waals surface area contributed by atoms with Crippen LogP contribution in [0, 0.1) is 0 Å². The van der Waals surface area contributed by atoms with Gasteiger partial charge in [-0.25, -0.2) is 0 Å². The molecule has 9 heteroatoms. The van der Waals surface area contributed by atoms with Crippen molar-refractivity contribution < 1.29 is 14.4 Å². The van der Waals surface area contributed by atoms with E-state index in [1.165, 1.54) is 4.90 Å². The number of nitrogens with zero attached hydrogens (tertiary/aromatic N) is 4. The molecule has 9 nitrogen and oxygen atoms in total. The van der Waals surface area contributed by atoms with E-state index in [-0.39, 0.29) is 24.4 Å². The molecule has 0 aromatic heterocycles. The maximum atomic E-state index is 13.7. The zero-order chi connectivity index (χ0) is 20.1. The molecule has 3 aliphatic heterocycles. The Kier molecular flexibility index (Phi) is 6.90. The van der Waals surface area contributed by atoms with Crippen molar-refractivity contribution in [2.45, 2.75) is 30.8 Å². The van der Waals surface area contributed by atoms with Crippen LogP contribution < -0.4 is 10.6 Å². The van der Waals surface area contributed by atoms with Crippen LogP contribution >= 0.6 is 0 Å². The molecule has 0 aromatic carbocycles. The molecular weight excluding hydrogens is 360 g/mol. The number of hydrogen-bond acceptors (Lipinski definition) is 6. The molecule has 1 unspecified atom stereocenters. The van der Waals surface area contributed by atoms with Crippen LogP contribution in [0.3, 0.4) is 0 Å². The van der Waals surface area contributed by atoms with Crippen LogP contribution in [-0.2, 0) is 14.4 Å². The number of hydrogen-bond donors (Lipinski definition) is 2. The summed E-state index contributed by atoms with van der Waals surface area (Å²) >= 11 is 0. The second-order valence-corrected chi connectivity index (χ2v) is 8.34. The zero-order valence-electron chi connectivity index (χ0n) is 17.2. The van der Waals surface area contributed by atoms with Crippen molar-refractivity contribution in [2.75, 3.05) is 73.0 Å². The molecule has 3 heterocycles. The number of carbonyl (C=O) groups excluding carboxylic acids is 3. The summed E-state index contributed by atoms with van der Waals surface area (Å²) in [7, 11) is 3.94. The molecule has 0 aromatic rings. The van der Waals surface area contributed by atoms with Gasteiger partial charge < -0.3 is 30.2 Å². The van der Waals surface area contributed by atoms with E-state index in [2.05, 4.69) is 15.5 Å². The lowest BCUT2D eigenvalue weighted by Crippen LogP contribution is -2.72. The van der Waals surface area contributed by atoms with Crippen molar-refractivity contribution in [1.82, 2.24) is 30.2 Å². The molecule has 3 amide bonds. The molecule has 3 saturated heterocycles. The lowest BCUT2D eigenvalue weighted by Gasteiger charge is -2.44. The highest BCUT2D eigenvalue weighted by Gasteiger charge is 2.54. The topological polar surface area (TPSA) is 88.2 Å². The Balaban J connectivity index is 1.90. The van der Waals surface area contributed by atoms with Crippen LogP contribution in [0.15, 0.2) is 0 Å². The molecule has 2 N–H and O–H groups in total. The third kappa shape index (κ3) is 4.31. The summed E-state index contributed by atoms with van der Waals surface area (Å²) in [4.78, 5) is 46.7. The maximum absolute atomic E-state index is 13.7. The first-order valence-corrected chi connectivity index (χ1v) is 10.4. The van der Waals surface area contributed by atoms with Crippen LogP contribution in [-0.4, -0.2) is 122 Å². The molecule has 28 heavy (non-hydrogen) atoms. The molecular formula is C19H34N6O3. The van der Waals surface area contributed by atoms with Gasteiger partial charge in [0.05, 0.1) is 0 Å². The molecule has 3 aliphatic rings. The lowest BCUT2D eigenvalue weighted by atomic mass is 9.91. The van der Waals surface area contributed by atoms with E-state index in [4.69, 9.17) is 0 Å². The highest BCUT2D eigenvalue weighted by Crippen LogP contribution is 2.25. The molecule has 3 rings (SSSR count). The normalized spacial score (nSPS) is 28.6. The molecule has 0 bridgehead atoms. The highest BCUT2D eigenvalue weighted by atomic mass is 16.2. The van der Waals surface area contributed by atoms with E-state index in [1.807, 2.05) is 19.0 Å². The number of rotatable bonds is 4. The number of nitrogens with one attached hydrogen (secondary N) is 2. The fourth-order valence-electron chi connectivity index (χ4n) is 4.44. The average molecular weight is 395 g/mol. The Labute approximate surface area is 167 Å². The highest BCUT2D eigenvalue weighted by molar-refractivity contribution is 6.11. The first kappa shape index (κ1) is 21.0. The molecule has 0 aliphatic carbocycles. The fourth-order valence-corrected chi connectivity index (χ4v) is 4.44. The number of piperidine rings is 1. The van der Waals surface area contributed by atoms with Crippen LogP contribution in [0.2, 0.25) is 0 Å². The molecule has 1 atom stereocenters. The Hall–Kier alpha value is -1.71. The van der Waals surface area contributed by atoms with Gasteiger partial charge in [0.25, 0.3) is 11.8 Å². The summed E-state index contributed by atoms with van der Waals surface area (Å²) in [5.41, 5.74) is -1.49. The van der Waals surface area contributed by atoms with Crippen molar-refractivity contribution >= 4 is 18.2 Å². The third-order valence-electron chi connectivity index (χ3n) is 6.25. The van der Waals surface area contributed by atoms with Gasteiger partial charge in [0.15, 0.2) is 0 Å². The van der Waals surface area contributed by atoms with E-state index < -0.39 is 5.54 Å². The molecule has 0 radical (unpaired) electrons. The van der Waals surface area contributed by atoms with E-state index in [9.17, 15) is 14.4 Å². The van der Waals surface area contributed by atoms with E-state index >= 15 is 0 Å². The Morgan fingerprint density at radius 2 is 1.68 bits per heavy atom. The van der Waals surface area contributed by atoms with Gasteiger partial charge in [-0.2, -0.15) is 0 Å². The van der Waals surface area contributed by atoms with Crippen LogP contribution in [0.1, 0.15) is 19.3 Å². The van der Waals surface area contributed by atoms with Gasteiger partial charge in [-0.15, -0.1) is 0 Å². The standard InChI is InChI=1S/C19H34N6O3/c1-22-10-12-24(13-11-22)18(28)19(14-23(2)8-3-9-25(19)15-26)17(27)21-16-4-6-20-7-5-16/h15-16,20H,3-14H2,1-2H3,(H,21,27). The average Bonchev–Trinajstić information content (AvgIpc) is 2.87. The van der Waals surface area contributed by atoms with E-state index in [0.717, 1.165) is 52.0 Å². The summed E-state index contributed by atoms with van der Waals surface area (Å²) in [6.45, 7) is 5.79. The summed E-state index contributed by atoms with van der Waals surface area (Å²) in [5, 5.41) is 6.39. The van der Waals surface area contributed by atoms with Crippen molar-refractivity contribution in [3.05, 3.63) is 0 Å². The number of likely N-dealkylation sites (N-methyl/N-ethyl adjacent to an activating group) is 2. The minimum atomic E-state index is -1.49. The third-order valence-corrected chi connectivity index (χ3v) is 6.25. The van der Waals surface area contributed by atoms with Crippen molar-refractivity contribution in [3.8, 4) is 0 Å². The summed E-state index contributed by atoms with van der Waals surface area (Å²) in [6.07, 6.45) is 3.10. The summed E-state index contributed by atoms with van der Waals surface area (Å²) in [5.74, 6) is -0.572. The van der Waals surface area contributed by atoms with Crippen LogP contribution in [0.5, 0.6) is 0 Å². The predicted molar refractivity (Wildman–Crippen MR) is 106 cm³/mol. The molecule has 0 saturated carbocycles. The number of amides is 3. The summed E-state index contributed by atoms with van der Waals surface area (Å²) in [6, 6.07) is 0.0352. The number of piperazine rings is 1. The molecule has 158 valence electrons. The van der Waals surface area contributed by atoms with Gasteiger partial charge in [0.2, 0.25) is 11.9 Å².